The maximum absolute atomic E-state index is 3.43. The number of nitrogens with one attached hydrogen (secondary N) is 1. The smallest absolute Gasteiger partial charge is 0.0334 e. The third-order valence-electron chi connectivity index (χ3n) is 4.40. The van der Waals surface area contributed by atoms with Crippen molar-refractivity contribution in [2.75, 3.05) is 13.1 Å². The Kier molecular flexibility index (Phi) is 4.79. The Morgan fingerprint density at radius 2 is 2.29 bits per heavy atom. The maximum atomic E-state index is 3.43. The molecule has 3 heterocycles. The topological polar surface area (TPSA) is 15.3 Å². The van der Waals surface area contributed by atoms with Crippen LogP contribution in [0.15, 0.2) is 17.5 Å². The summed E-state index contributed by atoms with van der Waals surface area (Å²) in [6, 6.07) is 5.27. The van der Waals surface area contributed by atoms with Crippen LogP contribution in [0.1, 0.15) is 45.6 Å². The molecular formula is C17H24N2S2. The highest BCUT2D eigenvalue weighted by Gasteiger charge is 2.25. The Balaban J connectivity index is 1.71. The van der Waals surface area contributed by atoms with E-state index in [2.05, 4.69) is 48.5 Å². The van der Waals surface area contributed by atoms with Crippen molar-refractivity contribution in [2.24, 2.45) is 0 Å². The Bertz CT molecular complexity index is 600. The van der Waals surface area contributed by atoms with Crippen LogP contribution in [0.4, 0.5) is 0 Å². The summed E-state index contributed by atoms with van der Waals surface area (Å²) in [5, 5.41) is 5.67. The number of thiophene rings is 2. The average Bonchev–Trinajstić information content (AvgIpc) is 3.07. The van der Waals surface area contributed by atoms with Gasteiger partial charge in [-0.2, -0.15) is 0 Å². The molecule has 1 aliphatic heterocycles. The van der Waals surface area contributed by atoms with Gasteiger partial charge < -0.3 is 5.32 Å². The minimum Gasteiger partial charge on any atom is -0.312 e. The fourth-order valence-electron chi connectivity index (χ4n) is 3.08. The first-order chi connectivity index (χ1) is 10.2. The minimum absolute atomic E-state index is 0.552. The molecule has 114 valence electrons. The van der Waals surface area contributed by atoms with E-state index in [0.717, 1.165) is 19.6 Å². The zero-order valence-corrected chi connectivity index (χ0v) is 14.7. The van der Waals surface area contributed by atoms with Crippen LogP contribution in [0.25, 0.3) is 0 Å². The molecule has 3 rings (SSSR count). The van der Waals surface area contributed by atoms with Crippen molar-refractivity contribution >= 4 is 22.7 Å². The van der Waals surface area contributed by atoms with Gasteiger partial charge in [0.25, 0.3) is 0 Å². The number of nitrogens with zero attached hydrogens (tertiary/aromatic N) is 1. The normalized spacial score (nSPS) is 18.9. The van der Waals surface area contributed by atoms with Gasteiger partial charge in [0.1, 0.15) is 0 Å². The standard InChI is InChI=1S/C17H24N2S2/c1-4-18-10-15-9-14(13(3)21-15)11-19-7-5-17-16(12(19)2)6-8-20-17/h6,8-9,12,18H,4-5,7,10-11H2,1-3H3. The van der Waals surface area contributed by atoms with E-state index in [1.807, 2.05) is 22.7 Å². The fraction of sp³-hybridized carbons (Fsp3) is 0.529. The molecule has 4 heteroatoms. The van der Waals surface area contributed by atoms with Gasteiger partial charge in [-0.25, -0.2) is 0 Å². The van der Waals surface area contributed by atoms with E-state index in [9.17, 15) is 0 Å². The number of hydrogen-bond donors (Lipinski definition) is 1. The fourth-order valence-corrected chi connectivity index (χ4v) is 5.06. The summed E-state index contributed by atoms with van der Waals surface area (Å²) in [5.74, 6) is 0. The molecule has 0 amide bonds. The molecule has 0 radical (unpaired) electrons. The Hall–Kier alpha value is -0.680. The summed E-state index contributed by atoms with van der Waals surface area (Å²) in [5.41, 5.74) is 3.06. The first kappa shape index (κ1) is 15.2. The summed E-state index contributed by atoms with van der Waals surface area (Å²) in [6.07, 6.45) is 1.21. The van der Waals surface area contributed by atoms with Crippen molar-refractivity contribution in [3.63, 3.8) is 0 Å². The monoisotopic (exact) mass is 320 g/mol. The van der Waals surface area contributed by atoms with Crippen molar-refractivity contribution in [3.05, 3.63) is 43.3 Å². The predicted molar refractivity (Wildman–Crippen MR) is 93.3 cm³/mol. The van der Waals surface area contributed by atoms with Gasteiger partial charge in [0.2, 0.25) is 0 Å². The molecule has 2 nitrogen and oxygen atoms in total. The van der Waals surface area contributed by atoms with Gasteiger partial charge in [-0.05, 0) is 55.5 Å². The second-order valence-corrected chi connectivity index (χ2v) is 8.11. The van der Waals surface area contributed by atoms with E-state index in [4.69, 9.17) is 0 Å². The lowest BCUT2D eigenvalue weighted by Gasteiger charge is -2.33. The van der Waals surface area contributed by atoms with E-state index >= 15 is 0 Å². The SMILES string of the molecule is CCNCc1cc(CN2CCc3sccc3C2C)c(C)s1. The highest BCUT2D eigenvalue weighted by Crippen LogP contribution is 2.34. The summed E-state index contributed by atoms with van der Waals surface area (Å²) in [7, 11) is 0. The van der Waals surface area contributed by atoms with Gasteiger partial charge in [-0.3, -0.25) is 4.90 Å². The molecule has 0 fully saturated rings. The van der Waals surface area contributed by atoms with Crippen LogP contribution in [-0.2, 0) is 19.5 Å². The summed E-state index contributed by atoms with van der Waals surface area (Å²) in [6.45, 7) is 11.1. The molecule has 0 saturated carbocycles. The quantitative estimate of drug-likeness (QED) is 0.881. The van der Waals surface area contributed by atoms with Crippen LogP contribution in [0.3, 0.4) is 0 Å². The van der Waals surface area contributed by atoms with Crippen molar-refractivity contribution in [3.8, 4) is 0 Å². The van der Waals surface area contributed by atoms with Crippen LogP contribution >= 0.6 is 22.7 Å². The molecule has 0 saturated heterocycles. The zero-order chi connectivity index (χ0) is 14.8. The van der Waals surface area contributed by atoms with Gasteiger partial charge in [0.15, 0.2) is 0 Å². The molecule has 0 bridgehead atoms. The molecule has 1 N–H and O–H groups in total. The van der Waals surface area contributed by atoms with Crippen molar-refractivity contribution in [2.45, 2.75) is 46.3 Å². The lowest BCUT2D eigenvalue weighted by Crippen LogP contribution is -2.32. The summed E-state index contributed by atoms with van der Waals surface area (Å²) < 4.78 is 0. The van der Waals surface area contributed by atoms with Gasteiger partial charge in [0, 0.05) is 40.3 Å². The largest absolute Gasteiger partial charge is 0.312 e. The minimum atomic E-state index is 0.552. The lowest BCUT2D eigenvalue weighted by atomic mass is 10.0. The Morgan fingerprint density at radius 3 is 3.10 bits per heavy atom. The highest BCUT2D eigenvalue weighted by atomic mass is 32.1. The predicted octanol–water partition coefficient (Wildman–Crippen LogP) is 4.35. The molecule has 1 unspecified atom stereocenters. The third kappa shape index (κ3) is 3.24. The molecule has 0 aliphatic carbocycles. The number of fused-ring (bicyclic) bond motifs is 1. The van der Waals surface area contributed by atoms with Crippen molar-refractivity contribution < 1.29 is 0 Å². The van der Waals surface area contributed by atoms with Crippen LogP contribution in [0, 0.1) is 6.92 Å². The van der Waals surface area contributed by atoms with E-state index < -0.39 is 0 Å². The Labute approximate surface area is 135 Å². The molecule has 0 spiro atoms. The number of rotatable bonds is 5. The van der Waals surface area contributed by atoms with Crippen LogP contribution < -0.4 is 5.32 Å². The molecule has 21 heavy (non-hydrogen) atoms. The number of hydrogen-bond acceptors (Lipinski definition) is 4. The van der Waals surface area contributed by atoms with E-state index in [1.165, 1.54) is 28.3 Å². The van der Waals surface area contributed by atoms with Crippen LogP contribution in [-0.4, -0.2) is 18.0 Å². The Morgan fingerprint density at radius 1 is 1.43 bits per heavy atom. The second kappa shape index (κ2) is 6.61. The maximum Gasteiger partial charge on any atom is 0.0334 e. The molecule has 2 aromatic heterocycles. The molecule has 0 aromatic carbocycles. The van der Waals surface area contributed by atoms with E-state index in [1.54, 1.807) is 10.4 Å². The van der Waals surface area contributed by atoms with Gasteiger partial charge in [0.05, 0.1) is 0 Å². The third-order valence-corrected chi connectivity index (χ3v) is 6.49. The number of aryl methyl sites for hydroxylation is 1. The van der Waals surface area contributed by atoms with Crippen molar-refractivity contribution in [1.82, 2.24) is 10.2 Å². The molecule has 2 aromatic rings. The van der Waals surface area contributed by atoms with E-state index in [-0.39, 0.29) is 0 Å². The first-order valence-electron chi connectivity index (χ1n) is 7.78. The molecule has 1 aliphatic rings. The summed E-state index contributed by atoms with van der Waals surface area (Å²) in [4.78, 5) is 7.16. The average molecular weight is 321 g/mol. The second-order valence-electron chi connectivity index (χ2n) is 5.77. The summed E-state index contributed by atoms with van der Waals surface area (Å²) >= 11 is 3.87. The van der Waals surface area contributed by atoms with Gasteiger partial charge in [-0.15, -0.1) is 22.7 Å². The van der Waals surface area contributed by atoms with Gasteiger partial charge in [-0.1, -0.05) is 6.92 Å². The first-order valence-corrected chi connectivity index (χ1v) is 9.48. The van der Waals surface area contributed by atoms with Crippen molar-refractivity contribution in [1.29, 1.82) is 0 Å². The zero-order valence-electron chi connectivity index (χ0n) is 13.1. The highest BCUT2D eigenvalue weighted by molar-refractivity contribution is 7.12. The molecule has 1 atom stereocenters. The van der Waals surface area contributed by atoms with Crippen LogP contribution in [0.2, 0.25) is 0 Å². The van der Waals surface area contributed by atoms with Gasteiger partial charge >= 0.3 is 0 Å². The lowest BCUT2D eigenvalue weighted by molar-refractivity contribution is 0.191. The van der Waals surface area contributed by atoms with E-state index in [0.29, 0.717) is 6.04 Å². The van der Waals surface area contributed by atoms with Crippen LogP contribution in [0.5, 0.6) is 0 Å². The molecular weight excluding hydrogens is 296 g/mol.